The number of fused-ring (bicyclic) bond motifs is 1. The molecule has 6 nitrogen and oxygen atoms in total. The molecule has 0 amide bonds. The highest BCUT2D eigenvalue weighted by Crippen LogP contribution is 2.30. The molecule has 2 heterocycles. The number of rotatable bonds is 4. The first-order valence-corrected chi connectivity index (χ1v) is 9.51. The predicted molar refractivity (Wildman–Crippen MR) is 104 cm³/mol. The fourth-order valence-electron chi connectivity index (χ4n) is 3.21. The summed E-state index contributed by atoms with van der Waals surface area (Å²) in [4.78, 5) is 33.6. The number of pyridine rings is 1. The zero-order chi connectivity index (χ0) is 17.1. The lowest BCUT2D eigenvalue weighted by atomic mass is 9.95. The normalized spacial score (nSPS) is 15.0. The molecular weight excluding hydrogens is 406 g/mol. The summed E-state index contributed by atoms with van der Waals surface area (Å²) in [5.41, 5.74) is 0.317. The number of carbonyl (C=O) groups excluding carboxylic acids is 1. The van der Waals surface area contributed by atoms with Crippen molar-refractivity contribution in [3.63, 3.8) is 0 Å². The second-order valence-electron chi connectivity index (χ2n) is 5.89. The Labute approximate surface area is 161 Å². The van der Waals surface area contributed by atoms with E-state index < -0.39 is 5.97 Å². The zero-order valence-electron chi connectivity index (χ0n) is 14.4. The van der Waals surface area contributed by atoms with Crippen molar-refractivity contribution in [2.75, 3.05) is 12.9 Å². The SMILES string of the molecule is Br.CCOC(=O)c1cn(C2CCCCC2)c2nc(SC)ncc2c1=O. The van der Waals surface area contributed by atoms with Gasteiger partial charge < -0.3 is 9.30 Å². The van der Waals surface area contributed by atoms with Crippen LogP contribution in [0.4, 0.5) is 0 Å². The minimum absolute atomic E-state index is 0. The van der Waals surface area contributed by atoms with Crippen LogP contribution in [0.15, 0.2) is 22.3 Å². The van der Waals surface area contributed by atoms with Crippen LogP contribution in [-0.2, 0) is 4.74 Å². The van der Waals surface area contributed by atoms with Gasteiger partial charge in [-0.25, -0.2) is 14.8 Å². The lowest BCUT2D eigenvalue weighted by molar-refractivity contribution is 0.0524. The maximum absolute atomic E-state index is 12.7. The second-order valence-corrected chi connectivity index (χ2v) is 6.66. The summed E-state index contributed by atoms with van der Waals surface area (Å²) in [5.74, 6) is -0.581. The van der Waals surface area contributed by atoms with Crippen molar-refractivity contribution in [3.05, 3.63) is 28.2 Å². The van der Waals surface area contributed by atoms with Crippen LogP contribution < -0.4 is 5.43 Å². The molecule has 1 aliphatic carbocycles. The first kappa shape index (κ1) is 19.9. The summed E-state index contributed by atoms with van der Waals surface area (Å²) < 4.78 is 7.04. The molecule has 2 aromatic rings. The maximum atomic E-state index is 12.7. The van der Waals surface area contributed by atoms with Crippen molar-refractivity contribution >= 4 is 45.7 Å². The predicted octanol–water partition coefficient (Wildman–Crippen LogP) is 3.77. The quantitative estimate of drug-likeness (QED) is 0.419. The molecular formula is C17H22BrN3O3S. The van der Waals surface area contributed by atoms with Crippen LogP contribution in [0.1, 0.15) is 55.4 Å². The van der Waals surface area contributed by atoms with Crippen LogP contribution in [0.25, 0.3) is 11.0 Å². The minimum atomic E-state index is -0.581. The number of halogens is 1. The van der Waals surface area contributed by atoms with Crippen LogP contribution in [0.3, 0.4) is 0 Å². The highest BCUT2D eigenvalue weighted by atomic mass is 79.9. The van der Waals surface area contributed by atoms with Crippen LogP contribution in [-0.4, -0.2) is 33.4 Å². The van der Waals surface area contributed by atoms with E-state index in [1.54, 1.807) is 13.1 Å². The minimum Gasteiger partial charge on any atom is -0.462 e. The topological polar surface area (TPSA) is 74.1 Å². The lowest BCUT2D eigenvalue weighted by Crippen LogP contribution is -2.24. The van der Waals surface area contributed by atoms with Crippen molar-refractivity contribution in [2.24, 2.45) is 0 Å². The Morgan fingerprint density at radius 1 is 1.36 bits per heavy atom. The Hall–Kier alpha value is -1.41. The summed E-state index contributed by atoms with van der Waals surface area (Å²) >= 11 is 1.43. The molecule has 25 heavy (non-hydrogen) atoms. The van der Waals surface area contributed by atoms with Gasteiger partial charge in [-0.15, -0.1) is 17.0 Å². The molecule has 0 atom stereocenters. The van der Waals surface area contributed by atoms with E-state index in [0.717, 1.165) is 25.7 Å². The molecule has 0 saturated heterocycles. The van der Waals surface area contributed by atoms with Gasteiger partial charge >= 0.3 is 5.97 Å². The van der Waals surface area contributed by atoms with Gasteiger partial charge in [0.2, 0.25) is 5.43 Å². The Bertz CT molecular complexity index is 819. The van der Waals surface area contributed by atoms with Gasteiger partial charge in [-0.1, -0.05) is 31.0 Å². The number of esters is 1. The van der Waals surface area contributed by atoms with E-state index in [4.69, 9.17) is 4.74 Å². The number of carbonyl (C=O) groups is 1. The first-order valence-electron chi connectivity index (χ1n) is 8.28. The van der Waals surface area contributed by atoms with Gasteiger partial charge in [0.1, 0.15) is 11.2 Å². The van der Waals surface area contributed by atoms with E-state index in [0.29, 0.717) is 16.2 Å². The molecule has 8 heteroatoms. The lowest BCUT2D eigenvalue weighted by Gasteiger charge is -2.26. The molecule has 3 rings (SSSR count). The van der Waals surface area contributed by atoms with Gasteiger partial charge in [-0.3, -0.25) is 4.79 Å². The number of aromatic nitrogens is 3. The molecule has 1 saturated carbocycles. The smallest absolute Gasteiger partial charge is 0.343 e. The third-order valence-electron chi connectivity index (χ3n) is 4.39. The molecule has 1 fully saturated rings. The van der Waals surface area contributed by atoms with Gasteiger partial charge in [0.15, 0.2) is 5.16 Å². The molecule has 0 unspecified atom stereocenters. The van der Waals surface area contributed by atoms with Crippen LogP contribution in [0.5, 0.6) is 0 Å². The molecule has 0 aromatic carbocycles. The van der Waals surface area contributed by atoms with E-state index in [-0.39, 0.29) is 40.6 Å². The molecule has 2 aromatic heterocycles. The van der Waals surface area contributed by atoms with Crippen molar-refractivity contribution in [2.45, 2.75) is 50.2 Å². The van der Waals surface area contributed by atoms with Crippen LogP contribution >= 0.6 is 28.7 Å². The van der Waals surface area contributed by atoms with Crippen LogP contribution in [0.2, 0.25) is 0 Å². The van der Waals surface area contributed by atoms with Crippen molar-refractivity contribution in [3.8, 4) is 0 Å². The molecule has 0 aliphatic heterocycles. The van der Waals surface area contributed by atoms with Crippen LogP contribution in [0, 0.1) is 0 Å². The van der Waals surface area contributed by atoms with Gasteiger partial charge in [-0.2, -0.15) is 0 Å². The Balaban J connectivity index is 0.00000225. The summed E-state index contributed by atoms with van der Waals surface area (Å²) in [5, 5.41) is 0.999. The summed E-state index contributed by atoms with van der Waals surface area (Å²) in [7, 11) is 0. The molecule has 0 spiro atoms. The van der Waals surface area contributed by atoms with Crippen molar-refractivity contribution in [1.82, 2.24) is 14.5 Å². The summed E-state index contributed by atoms with van der Waals surface area (Å²) in [6.07, 6.45) is 10.6. The number of hydrogen-bond donors (Lipinski definition) is 0. The number of nitrogens with zero attached hydrogens (tertiary/aromatic N) is 3. The van der Waals surface area contributed by atoms with E-state index in [2.05, 4.69) is 9.97 Å². The highest BCUT2D eigenvalue weighted by molar-refractivity contribution is 8.93. The zero-order valence-corrected chi connectivity index (χ0v) is 16.9. The standard InChI is InChI=1S/C17H21N3O3S.BrH/c1-3-23-16(22)13-10-20(11-7-5-4-6-8-11)15-12(14(13)21)9-18-17(19-15)24-2;/h9-11H,3-8H2,1-2H3;1H. The van der Waals surface area contributed by atoms with E-state index in [1.165, 1.54) is 24.4 Å². The average Bonchev–Trinajstić information content (AvgIpc) is 2.62. The van der Waals surface area contributed by atoms with Crippen molar-refractivity contribution < 1.29 is 9.53 Å². The van der Waals surface area contributed by atoms with Gasteiger partial charge in [-0.05, 0) is 26.0 Å². The number of thioether (sulfide) groups is 1. The molecule has 0 N–H and O–H groups in total. The van der Waals surface area contributed by atoms with E-state index in [1.807, 2.05) is 10.8 Å². The number of ether oxygens (including phenoxy) is 1. The second kappa shape index (κ2) is 8.80. The Morgan fingerprint density at radius 2 is 2.08 bits per heavy atom. The van der Waals surface area contributed by atoms with Gasteiger partial charge in [0.05, 0.1) is 12.0 Å². The fourth-order valence-corrected chi connectivity index (χ4v) is 3.54. The van der Waals surface area contributed by atoms with Gasteiger partial charge in [0.25, 0.3) is 0 Å². The maximum Gasteiger partial charge on any atom is 0.343 e. The summed E-state index contributed by atoms with van der Waals surface area (Å²) in [6, 6.07) is 0.250. The average molecular weight is 428 g/mol. The van der Waals surface area contributed by atoms with E-state index in [9.17, 15) is 9.59 Å². The Kier molecular flexibility index (Phi) is 7.01. The molecule has 136 valence electrons. The molecule has 0 bridgehead atoms. The Morgan fingerprint density at radius 3 is 2.72 bits per heavy atom. The highest BCUT2D eigenvalue weighted by Gasteiger charge is 2.23. The molecule has 1 aliphatic rings. The van der Waals surface area contributed by atoms with Gasteiger partial charge in [0, 0.05) is 18.4 Å². The third kappa shape index (κ3) is 4.06. The third-order valence-corrected chi connectivity index (χ3v) is 4.96. The monoisotopic (exact) mass is 427 g/mol. The first-order chi connectivity index (χ1) is 11.7. The fraction of sp³-hybridized carbons (Fsp3) is 0.529. The largest absolute Gasteiger partial charge is 0.462 e. The summed E-state index contributed by atoms with van der Waals surface area (Å²) in [6.45, 7) is 1.97. The van der Waals surface area contributed by atoms with E-state index >= 15 is 0 Å². The molecule has 0 radical (unpaired) electrons. The van der Waals surface area contributed by atoms with Crippen molar-refractivity contribution in [1.29, 1.82) is 0 Å². The number of hydrogen-bond acceptors (Lipinski definition) is 6.